The van der Waals surface area contributed by atoms with E-state index in [2.05, 4.69) is 18.8 Å². The monoisotopic (exact) mass is 228 g/mol. The molecule has 1 rings (SSSR count). The van der Waals surface area contributed by atoms with E-state index in [9.17, 15) is 0 Å². The van der Waals surface area contributed by atoms with Gasteiger partial charge in [-0.25, -0.2) is 0 Å². The molecule has 1 aliphatic rings. The summed E-state index contributed by atoms with van der Waals surface area (Å²) in [5.74, 6) is 6.68. The van der Waals surface area contributed by atoms with Crippen LogP contribution in [0.5, 0.6) is 0 Å². The van der Waals surface area contributed by atoms with Crippen molar-refractivity contribution < 1.29 is 23.6 Å². The molecule has 17 heavy (non-hydrogen) atoms. The SMILES string of the molecule is [CH2-]CCCCCC#CC1(OC)CCCCC1.[Li+]. The van der Waals surface area contributed by atoms with Gasteiger partial charge >= 0.3 is 18.9 Å². The van der Waals surface area contributed by atoms with E-state index in [-0.39, 0.29) is 24.5 Å². The summed E-state index contributed by atoms with van der Waals surface area (Å²) >= 11 is 0. The van der Waals surface area contributed by atoms with E-state index in [4.69, 9.17) is 4.74 Å². The van der Waals surface area contributed by atoms with Crippen LogP contribution >= 0.6 is 0 Å². The Bertz CT molecular complexity index is 233. The Morgan fingerprint density at radius 1 is 1.12 bits per heavy atom. The molecule has 0 unspecified atom stereocenters. The van der Waals surface area contributed by atoms with Crippen molar-refractivity contribution in [3.8, 4) is 11.8 Å². The summed E-state index contributed by atoms with van der Waals surface area (Å²) in [6.07, 6.45) is 11.9. The van der Waals surface area contributed by atoms with Crippen LogP contribution in [-0.2, 0) is 4.74 Å². The zero-order chi connectivity index (χ0) is 11.7. The standard InChI is InChI=1S/C15H25O.Li/c1-3-4-5-6-7-9-12-15(16-2)13-10-8-11-14-15;/h1,3-8,10-11,13-14H2,2H3;/q-1;+1. The molecule has 0 amide bonds. The second kappa shape index (κ2) is 10.1. The van der Waals surface area contributed by atoms with Crippen molar-refractivity contribution in [2.45, 2.75) is 69.8 Å². The average Bonchev–Trinajstić information content (AvgIpc) is 2.35. The van der Waals surface area contributed by atoms with Crippen LogP contribution in [0.4, 0.5) is 0 Å². The summed E-state index contributed by atoms with van der Waals surface area (Å²) in [6, 6.07) is 0. The first kappa shape index (κ1) is 17.1. The maximum atomic E-state index is 5.62. The van der Waals surface area contributed by atoms with Crippen LogP contribution in [0.1, 0.15) is 64.2 Å². The molecule has 0 aromatic carbocycles. The van der Waals surface area contributed by atoms with Gasteiger partial charge in [0.15, 0.2) is 0 Å². The summed E-state index contributed by atoms with van der Waals surface area (Å²) in [5, 5.41) is 0. The fraction of sp³-hybridized carbons (Fsp3) is 0.800. The number of unbranched alkanes of at least 4 members (excludes halogenated alkanes) is 4. The molecule has 0 atom stereocenters. The first-order chi connectivity index (χ1) is 7.83. The maximum absolute atomic E-state index is 5.62. The predicted octanol–water partition coefficient (Wildman–Crippen LogP) is 1.13. The number of hydrogen-bond acceptors (Lipinski definition) is 1. The minimum absolute atomic E-state index is 0. The van der Waals surface area contributed by atoms with Gasteiger partial charge in [-0.3, -0.25) is 0 Å². The molecule has 92 valence electrons. The zero-order valence-electron chi connectivity index (χ0n) is 11.7. The fourth-order valence-electron chi connectivity index (χ4n) is 2.29. The van der Waals surface area contributed by atoms with Crippen LogP contribution in [0, 0.1) is 18.8 Å². The minimum atomic E-state index is -0.107. The first-order valence-electron chi connectivity index (χ1n) is 6.67. The Morgan fingerprint density at radius 2 is 1.82 bits per heavy atom. The average molecular weight is 228 g/mol. The van der Waals surface area contributed by atoms with Crippen molar-refractivity contribution in [1.82, 2.24) is 0 Å². The Morgan fingerprint density at radius 3 is 2.41 bits per heavy atom. The van der Waals surface area contributed by atoms with Crippen molar-refractivity contribution in [1.29, 1.82) is 0 Å². The van der Waals surface area contributed by atoms with Gasteiger partial charge in [-0.2, -0.15) is 6.42 Å². The van der Waals surface area contributed by atoms with Crippen molar-refractivity contribution >= 4 is 0 Å². The molecule has 0 heterocycles. The van der Waals surface area contributed by atoms with Crippen LogP contribution in [0.15, 0.2) is 0 Å². The second-order valence-corrected chi connectivity index (χ2v) is 4.73. The third-order valence-corrected chi connectivity index (χ3v) is 3.42. The Kier molecular flexibility index (Phi) is 10.1. The van der Waals surface area contributed by atoms with Crippen LogP contribution in [0.3, 0.4) is 0 Å². The van der Waals surface area contributed by atoms with Gasteiger partial charge in [0.05, 0.1) is 0 Å². The van der Waals surface area contributed by atoms with Gasteiger partial charge < -0.3 is 11.7 Å². The molecule has 1 fully saturated rings. The second-order valence-electron chi connectivity index (χ2n) is 4.73. The van der Waals surface area contributed by atoms with Gasteiger partial charge in [-0.15, -0.1) is 5.92 Å². The van der Waals surface area contributed by atoms with Gasteiger partial charge in [0.2, 0.25) is 0 Å². The first-order valence-corrected chi connectivity index (χ1v) is 6.67. The zero-order valence-corrected chi connectivity index (χ0v) is 11.7. The smallest absolute Gasteiger partial charge is 0.366 e. The minimum Gasteiger partial charge on any atom is -0.366 e. The number of methoxy groups -OCH3 is 1. The molecule has 0 aromatic rings. The molecule has 0 aromatic heterocycles. The molecule has 0 saturated heterocycles. The van der Waals surface area contributed by atoms with Crippen LogP contribution < -0.4 is 18.9 Å². The molecule has 1 nitrogen and oxygen atoms in total. The molecule has 1 saturated carbocycles. The third-order valence-electron chi connectivity index (χ3n) is 3.42. The largest absolute Gasteiger partial charge is 1.00 e. The van der Waals surface area contributed by atoms with E-state index < -0.39 is 0 Å². The summed E-state index contributed by atoms with van der Waals surface area (Å²) in [4.78, 5) is 0. The predicted molar refractivity (Wildman–Crippen MR) is 69.0 cm³/mol. The van der Waals surface area contributed by atoms with Crippen molar-refractivity contribution in [3.05, 3.63) is 6.92 Å². The van der Waals surface area contributed by atoms with Gasteiger partial charge in [0.25, 0.3) is 0 Å². The molecule has 0 spiro atoms. The molecular formula is C15H25LiO. The van der Waals surface area contributed by atoms with E-state index in [0.29, 0.717) is 0 Å². The number of rotatable bonds is 5. The molecule has 0 radical (unpaired) electrons. The van der Waals surface area contributed by atoms with E-state index >= 15 is 0 Å². The third kappa shape index (κ3) is 6.57. The number of ether oxygens (including phenoxy) is 1. The van der Waals surface area contributed by atoms with Gasteiger partial charge in [-0.1, -0.05) is 25.2 Å². The number of hydrogen-bond donors (Lipinski definition) is 0. The van der Waals surface area contributed by atoms with E-state index in [1.807, 2.05) is 7.11 Å². The van der Waals surface area contributed by atoms with E-state index in [1.54, 1.807) is 0 Å². The molecule has 0 N–H and O–H groups in total. The van der Waals surface area contributed by atoms with Crippen LogP contribution in [-0.4, -0.2) is 12.7 Å². The summed E-state index contributed by atoms with van der Waals surface area (Å²) in [5.41, 5.74) is -0.107. The quantitative estimate of drug-likeness (QED) is 0.297. The molecule has 1 aliphatic carbocycles. The van der Waals surface area contributed by atoms with Crippen molar-refractivity contribution in [3.63, 3.8) is 0 Å². The summed E-state index contributed by atoms with van der Waals surface area (Å²) in [7, 11) is 1.81. The fourth-order valence-corrected chi connectivity index (χ4v) is 2.29. The van der Waals surface area contributed by atoms with Crippen LogP contribution in [0.25, 0.3) is 0 Å². The van der Waals surface area contributed by atoms with E-state index in [1.165, 1.54) is 38.5 Å². The van der Waals surface area contributed by atoms with Crippen molar-refractivity contribution in [2.24, 2.45) is 0 Å². The Labute approximate surface area is 119 Å². The van der Waals surface area contributed by atoms with Gasteiger partial charge in [0.1, 0.15) is 5.60 Å². The Balaban J connectivity index is 0.00000256. The molecular weight excluding hydrogens is 203 g/mol. The summed E-state index contributed by atoms with van der Waals surface area (Å²) in [6.45, 7) is 3.85. The van der Waals surface area contributed by atoms with Gasteiger partial charge in [-0.05, 0) is 32.1 Å². The van der Waals surface area contributed by atoms with E-state index in [0.717, 1.165) is 25.7 Å². The normalized spacial score (nSPS) is 17.8. The summed E-state index contributed by atoms with van der Waals surface area (Å²) < 4.78 is 5.62. The van der Waals surface area contributed by atoms with Crippen LogP contribution in [0.2, 0.25) is 0 Å². The molecule has 2 heteroatoms. The topological polar surface area (TPSA) is 9.23 Å². The Hall–Kier alpha value is 0.117. The van der Waals surface area contributed by atoms with Crippen molar-refractivity contribution in [2.75, 3.05) is 7.11 Å². The van der Waals surface area contributed by atoms with Gasteiger partial charge in [0, 0.05) is 13.5 Å². The molecule has 0 aliphatic heterocycles. The molecule has 0 bridgehead atoms. The maximum Gasteiger partial charge on any atom is 1.00 e.